The van der Waals surface area contributed by atoms with E-state index in [-0.39, 0.29) is 36.6 Å². The smallest absolute Gasteiger partial charge is 0.224 e. The van der Waals surface area contributed by atoms with Gasteiger partial charge in [0.15, 0.2) is 0 Å². The molecule has 1 aliphatic heterocycles. The lowest BCUT2D eigenvalue weighted by Gasteiger charge is -2.21. The number of amides is 1. The fourth-order valence-corrected chi connectivity index (χ4v) is 2.69. The molecule has 132 valence electrons. The molecule has 2 aromatic heterocycles. The molecular formula is C16H23Cl2N5O. The van der Waals surface area contributed by atoms with Gasteiger partial charge in [0, 0.05) is 31.7 Å². The molecular weight excluding hydrogens is 349 g/mol. The van der Waals surface area contributed by atoms with Crippen molar-refractivity contribution >= 4 is 30.7 Å². The Hall–Kier alpha value is -1.63. The molecule has 0 radical (unpaired) electrons. The molecule has 1 atom stereocenters. The zero-order valence-electron chi connectivity index (χ0n) is 13.6. The van der Waals surface area contributed by atoms with Gasteiger partial charge in [-0.05, 0) is 37.9 Å². The van der Waals surface area contributed by atoms with Crippen molar-refractivity contribution in [1.29, 1.82) is 0 Å². The maximum absolute atomic E-state index is 12.1. The van der Waals surface area contributed by atoms with E-state index in [1.807, 2.05) is 29.8 Å². The van der Waals surface area contributed by atoms with Gasteiger partial charge in [-0.1, -0.05) is 6.07 Å². The summed E-state index contributed by atoms with van der Waals surface area (Å²) in [5, 5.41) is 6.26. The maximum atomic E-state index is 12.1. The summed E-state index contributed by atoms with van der Waals surface area (Å²) in [6, 6.07) is 3.93. The Kier molecular flexibility index (Phi) is 8.18. The van der Waals surface area contributed by atoms with Gasteiger partial charge in [0.1, 0.15) is 11.6 Å². The van der Waals surface area contributed by atoms with Gasteiger partial charge < -0.3 is 10.6 Å². The first kappa shape index (κ1) is 20.4. The lowest BCUT2D eigenvalue weighted by atomic mass is 9.99. The van der Waals surface area contributed by atoms with Crippen molar-refractivity contribution in [3.8, 4) is 5.82 Å². The van der Waals surface area contributed by atoms with Crippen LogP contribution in [0.25, 0.3) is 5.82 Å². The van der Waals surface area contributed by atoms with E-state index in [2.05, 4.69) is 20.6 Å². The minimum atomic E-state index is 0. The van der Waals surface area contributed by atoms with Crippen LogP contribution >= 0.6 is 24.8 Å². The van der Waals surface area contributed by atoms with E-state index >= 15 is 0 Å². The number of pyridine rings is 1. The number of nitrogens with zero attached hydrogens (tertiary/aromatic N) is 3. The van der Waals surface area contributed by atoms with E-state index in [0.717, 1.165) is 43.1 Å². The third-order valence-corrected chi connectivity index (χ3v) is 4.02. The molecule has 1 fully saturated rings. The van der Waals surface area contributed by atoms with Crippen LogP contribution in [0.5, 0.6) is 0 Å². The summed E-state index contributed by atoms with van der Waals surface area (Å²) in [6.07, 6.45) is 7.47. The summed E-state index contributed by atoms with van der Waals surface area (Å²) >= 11 is 0. The van der Waals surface area contributed by atoms with E-state index in [1.54, 1.807) is 12.4 Å². The van der Waals surface area contributed by atoms with Gasteiger partial charge in [-0.2, -0.15) is 0 Å². The fraction of sp³-hybridized carbons (Fsp3) is 0.438. The van der Waals surface area contributed by atoms with Crippen molar-refractivity contribution in [2.24, 2.45) is 5.92 Å². The molecule has 0 bridgehead atoms. The number of rotatable bonds is 4. The number of piperidine rings is 1. The second-order valence-corrected chi connectivity index (χ2v) is 5.63. The molecule has 0 saturated carbocycles. The number of aromatic nitrogens is 3. The van der Waals surface area contributed by atoms with Gasteiger partial charge in [-0.25, -0.2) is 9.97 Å². The summed E-state index contributed by atoms with van der Waals surface area (Å²) in [5.74, 6) is 1.95. The molecule has 1 saturated heterocycles. The van der Waals surface area contributed by atoms with Crippen LogP contribution in [-0.4, -0.2) is 33.5 Å². The number of aryl methyl sites for hydroxylation is 1. The van der Waals surface area contributed by atoms with E-state index in [9.17, 15) is 4.79 Å². The van der Waals surface area contributed by atoms with Crippen LogP contribution in [0, 0.1) is 12.8 Å². The van der Waals surface area contributed by atoms with Crippen LogP contribution < -0.4 is 10.6 Å². The Morgan fingerprint density at radius 2 is 2.21 bits per heavy atom. The van der Waals surface area contributed by atoms with E-state index in [0.29, 0.717) is 6.54 Å². The molecule has 2 N–H and O–H groups in total. The maximum Gasteiger partial charge on any atom is 0.224 e. The van der Waals surface area contributed by atoms with E-state index < -0.39 is 0 Å². The van der Waals surface area contributed by atoms with Gasteiger partial charge in [-0.15, -0.1) is 24.8 Å². The summed E-state index contributed by atoms with van der Waals surface area (Å²) < 4.78 is 1.93. The van der Waals surface area contributed by atoms with Crippen molar-refractivity contribution in [3.05, 3.63) is 42.1 Å². The molecule has 24 heavy (non-hydrogen) atoms. The van der Waals surface area contributed by atoms with Crippen LogP contribution in [-0.2, 0) is 11.3 Å². The SMILES string of the molecule is Cc1nccn1-c1ccc(CNC(=O)C2CCCNC2)cn1.Cl.Cl. The van der Waals surface area contributed by atoms with Crippen LogP contribution in [0.4, 0.5) is 0 Å². The van der Waals surface area contributed by atoms with Crippen molar-refractivity contribution < 1.29 is 4.79 Å². The minimum Gasteiger partial charge on any atom is -0.352 e. The summed E-state index contributed by atoms with van der Waals surface area (Å²) in [6.45, 7) is 4.26. The molecule has 1 aliphatic rings. The lowest BCUT2D eigenvalue weighted by molar-refractivity contribution is -0.125. The number of carbonyl (C=O) groups is 1. The van der Waals surface area contributed by atoms with Crippen molar-refractivity contribution in [2.45, 2.75) is 26.3 Å². The molecule has 1 amide bonds. The second kappa shape index (κ2) is 9.61. The topological polar surface area (TPSA) is 71.8 Å². The first-order valence-corrected chi connectivity index (χ1v) is 7.68. The average molecular weight is 372 g/mol. The quantitative estimate of drug-likeness (QED) is 0.862. The number of hydrogen-bond acceptors (Lipinski definition) is 4. The second-order valence-electron chi connectivity index (χ2n) is 5.63. The predicted octanol–water partition coefficient (Wildman–Crippen LogP) is 2.04. The number of halogens is 2. The average Bonchev–Trinajstić information content (AvgIpc) is 3.00. The Labute approximate surface area is 154 Å². The molecule has 0 aromatic carbocycles. The Morgan fingerprint density at radius 1 is 1.38 bits per heavy atom. The first-order valence-electron chi connectivity index (χ1n) is 7.68. The highest BCUT2D eigenvalue weighted by molar-refractivity contribution is 5.85. The van der Waals surface area contributed by atoms with Gasteiger partial charge in [0.2, 0.25) is 5.91 Å². The van der Waals surface area contributed by atoms with Crippen LogP contribution in [0.3, 0.4) is 0 Å². The van der Waals surface area contributed by atoms with Crippen LogP contribution in [0.1, 0.15) is 24.2 Å². The van der Waals surface area contributed by atoms with Crippen LogP contribution in [0.2, 0.25) is 0 Å². The number of nitrogens with one attached hydrogen (secondary N) is 2. The Morgan fingerprint density at radius 3 is 2.79 bits per heavy atom. The molecule has 0 spiro atoms. The van der Waals surface area contributed by atoms with Crippen LogP contribution in [0.15, 0.2) is 30.7 Å². The fourth-order valence-electron chi connectivity index (χ4n) is 2.69. The molecule has 0 aliphatic carbocycles. The standard InChI is InChI=1S/C16H21N5O.2ClH/c1-12-18-7-8-21(12)15-5-4-13(9-19-15)10-20-16(22)14-3-2-6-17-11-14;;/h4-5,7-9,14,17H,2-3,6,10-11H2,1H3,(H,20,22);2*1H. The number of hydrogen-bond donors (Lipinski definition) is 2. The molecule has 3 heterocycles. The largest absolute Gasteiger partial charge is 0.352 e. The normalized spacial score (nSPS) is 16.6. The van der Waals surface area contributed by atoms with Gasteiger partial charge in [0.25, 0.3) is 0 Å². The minimum absolute atomic E-state index is 0. The highest BCUT2D eigenvalue weighted by Gasteiger charge is 2.20. The van der Waals surface area contributed by atoms with Gasteiger partial charge in [0.05, 0.1) is 5.92 Å². The first-order chi connectivity index (χ1) is 10.7. The molecule has 3 rings (SSSR count). The summed E-state index contributed by atoms with van der Waals surface area (Å²) in [7, 11) is 0. The van der Waals surface area contributed by atoms with Crippen molar-refractivity contribution in [1.82, 2.24) is 25.2 Å². The summed E-state index contributed by atoms with van der Waals surface area (Å²) in [5.41, 5.74) is 0.999. The lowest BCUT2D eigenvalue weighted by Crippen LogP contribution is -2.40. The number of imidazole rings is 1. The number of carbonyl (C=O) groups excluding carboxylic acids is 1. The van der Waals surface area contributed by atoms with E-state index in [4.69, 9.17) is 0 Å². The summed E-state index contributed by atoms with van der Waals surface area (Å²) in [4.78, 5) is 20.7. The highest BCUT2D eigenvalue weighted by atomic mass is 35.5. The third-order valence-electron chi connectivity index (χ3n) is 4.02. The molecule has 8 heteroatoms. The predicted molar refractivity (Wildman–Crippen MR) is 98.0 cm³/mol. The van der Waals surface area contributed by atoms with E-state index in [1.165, 1.54) is 0 Å². The molecule has 6 nitrogen and oxygen atoms in total. The van der Waals surface area contributed by atoms with Crippen molar-refractivity contribution in [2.75, 3.05) is 13.1 Å². The zero-order valence-corrected chi connectivity index (χ0v) is 15.2. The van der Waals surface area contributed by atoms with Gasteiger partial charge in [-0.3, -0.25) is 9.36 Å². The third kappa shape index (κ3) is 4.93. The zero-order chi connectivity index (χ0) is 15.4. The molecule has 2 aromatic rings. The monoisotopic (exact) mass is 371 g/mol. The Balaban J connectivity index is 0.00000144. The highest BCUT2D eigenvalue weighted by Crippen LogP contribution is 2.11. The Bertz CT molecular complexity index is 638. The van der Waals surface area contributed by atoms with Gasteiger partial charge >= 0.3 is 0 Å². The van der Waals surface area contributed by atoms with Crippen molar-refractivity contribution in [3.63, 3.8) is 0 Å². The molecule has 1 unspecified atom stereocenters.